The van der Waals surface area contributed by atoms with Gasteiger partial charge in [-0.3, -0.25) is 9.10 Å². The van der Waals surface area contributed by atoms with Crippen LogP contribution in [-0.2, 0) is 16.6 Å². The first-order valence-corrected chi connectivity index (χ1v) is 11.1. The highest BCUT2D eigenvalue weighted by Crippen LogP contribution is 2.34. The molecule has 0 aliphatic carbocycles. The highest BCUT2D eigenvalue weighted by molar-refractivity contribution is 7.92. The number of sulfonamides is 1. The van der Waals surface area contributed by atoms with Crippen LogP contribution in [0.4, 0.5) is 11.4 Å². The van der Waals surface area contributed by atoms with Gasteiger partial charge in [0.25, 0.3) is 5.91 Å². The van der Waals surface area contributed by atoms with Crippen LogP contribution in [0.15, 0.2) is 72.8 Å². The third-order valence-corrected chi connectivity index (χ3v) is 5.74. The summed E-state index contributed by atoms with van der Waals surface area (Å²) in [4.78, 5) is 13.0. The van der Waals surface area contributed by atoms with Crippen molar-refractivity contribution < 1.29 is 22.7 Å². The first kappa shape index (κ1) is 19.8. The molecule has 3 aromatic rings. The van der Waals surface area contributed by atoms with Crippen LogP contribution in [0.3, 0.4) is 0 Å². The molecule has 30 heavy (non-hydrogen) atoms. The van der Waals surface area contributed by atoms with Crippen LogP contribution < -0.4 is 19.1 Å². The first-order valence-electron chi connectivity index (χ1n) is 9.23. The zero-order valence-electron chi connectivity index (χ0n) is 16.2. The lowest BCUT2D eigenvalue weighted by atomic mass is 10.1. The van der Waals surface area contributed by atoms with Crippen molar-refractivity contribution in [1.82, 2.24) is 0 Å². The lowest BCUT2D eigenvalue weighted by Crippen LogP contribution is -2.31. The predicted molar refractivity (Wildman–Crippen MR) is 114 cm³/mol. The first-order chi connectivity index (χ1) is 14.4. The molecule has 0 spiro atoms. The van der Waals surface area contributed by atoms with Crippen molar-refractivity contribution in [3.05, 3.63) is 83.9 Å². The van der Waals surface area contributed by atoms with E-state index in [1.807, 2.05) is 30.3 Å². The van der Waals surface area contributed by atoms with E-state index in [2.05, 4.69) is 5.32 Å². The molecule has 0 saturated carbocycles. The summed E-state index contributed by atoms with van der Waals surface area (Å²) < 4.78 is 37.0. The van der Waals surface area contributed by atoms with E-state index in [1.165, 1.54) is 4.31 Å². The van der Waals surface area contributed by atoms with Gasteiger partial charge in [-0.25, -0.2) is 8.42 Å². The molecule has 154 valence electrons. The molecular formula is C22H20N2O5S. The van der Waals surface area contributed by atoms with Crippen molar-refractivity contribution in [3.8, 4) is 11.5 Å². The number of rotatable bonds is 6. The monoisotopic (exact) mass is 424 g/mol. The minimum atomic E-state index is -3.64. The molecule has 3 aromatic carbocycles. The third kappa shape index (κ3) is 4.23. The van der Waals surface area contributed by atoms with Crippen LogP contribution >= 0.6 is 0 Å². The maximum absolute atomic E-state index is 13.0. The molecule has 0 unspecified atom stereocenters. The SMILES string of the molecule is CS(=O)(=O)N(Cc1ccccc1)c1ccccc1C(=O)Nc1ccc2c(c1)OCO2. The van der Waals surface area contributed by atoms with E-state index in [4.69, 9.17) is 9.47 Å². The Morgan fingerprint density at radius 1 is 0.967 bits per heavy atom. The molecule has 1 amide bonds. The Morgan fingerprint density at radius 3 is 2.43 bits per heavy atom. The van der Waals surface area contributed by atoms with E-state index in [9.17, 15) is 13.2 Å². The average molecular weight is 424 g/mol. The maximum Gasteiger partial charge on any atom is 0.257 e. The number of carbonyl (C=O) groups excluding carboxylic acids is 1. The normalized spacial score (nSPS) is 12.4. The topological polar surface area (TPSA) is 84.9 Å². The van der Waals surface area contributed by atoms with Crippen molar-refractivity contribution in [1.29, 1.82) is 0 Å². The maximum atomic E-state index is 13.0. The van der Waals surface area contributed by atoms with Gasteiger partial charge < -0.3 is 14.8 Å². The zero-order valence-corrected chi connectivity index (χ0v) is 17.1. The Hall–Kier alpha value is -3.52. The van der Waals surface area contributed by atoms with Crippen molar-refractivity contribution >= 4 is 27.3 Å². The van der Waals surface area contributed by atoms with Crippen LogP contribution in [0, 0.1) is 0 Å². The molecule has 7 nitrogen and oxygen atoms in total. The standard InChI is InChI=1S/C22H20N2O5S/c1-30(26,27)24(14-16-7-3-2-4-8-16)19-10-6-5-9-18(19)22(25)23-17-11-12-20-21(13-17)29-15-28-20/h2-13H,14-15H2,1H3,(H,23,25). The predicted octanol–water partition coefficient (Wildman–Crippen LogP) is 3.63. The fraction of sp³-hybridized carbons (Fsp3) is 0.136. The van der Waals surface area contributed by atoms with E-state index >= 15 is 0 Å². The molecule has 0 fully saturated rings. The molecule has 0 bridgehead atoms. The molecule has 0 atom stereocenters. The zero-order chi connectivity index (χ0) is 21.1. The van der Waals surface area contributed by atoms with Crippen LogP contribution in [0.5, 0.6) is 11.5 Å². The van der Waals surface area contributed by atoms with Crippen molar-refractivity contribution in [2.45, 2.75) is 6.54 Å². The summed E-state index contributed by atoms with van der Waals surface area (Å²) in [5.41, 5.74) is 1.89. The van der Waals surface area contributed by atoms with Crippen molar-refractivity contribution in [3.63, 3.8) is 0 Å². The van der Waals surface area contributed by atoms with Gasteiger partial charge in [0, 0.05) is 11.8 Å². The second-order valence-electron chi connectivity index (χ2n) is 6.79. The van der Waals surface area contributed by atoms with Crippen molar-refractivity contribution in [2.24, 2.45) is 0 Å². The second-order valence-corrected chi connectivity index (χ2v) is 8.70. The molecule has 1 aliphatic heterocycles. The van der Waals surface area contributed by atoms with Gasteiger partial charge in [-0.2, -0.15) is 0 Å². The van der Waals surface area contributed by atoms with Gasteiger partial charge in [-0.05, 0) is 29.8 Å². The number of amides is 1. The molecular weight excluding hydrogens is 404 g/mol. The molecule has 1 aliphatic rings. The molecule has 8 heteroatoms. The lowest BCUT2D eigenvalue weighted by Gasteiger charge is -2.24. The van der Waals surface area contributed by atoms with Gasteiger partial charge in [0.2, 0.25) is 16.8 Å². The Morgan fingerprint density at radius 2 is 1.67 bits per heavy atom. The van der Waals surface area contributed by atoms with Gasteiger partial charge in [0.15, 0.2) is 11.5 Å². The lowest BCUT2D eigenvalue weighted by molar-refractivity contribution is 0.102. The Balaban J connectivity index is 1.65. The average Bonchev–Trinajstić information content (AvgIpc) is 3.20. The van der Waals surface area contributed by atoms with E-state index in [1.54, 1.807) is 42.5 Å². The number of nitrogens with zero attached hydrogens (tertiary/aromatic N) is 1. The summed E-state index contributed by atoms with van der Waals surface area (Å²) in [5.74, 6) is 0.730. The van der Waals surface area contributed by atoms with E-state index in [0.29, 0.717) is 22.9 Å². The van der Waals surface area contributed by atoms with Crippen molar-refractivity contribution in [2.75, 3.05) is 22.7 Å². The van der Waals surface area contributed by atoms with Gasteiger partial charge in [0.1, 0.15) is 0 Å². The fourth-order valence-corrected chi connectivity index (χ4v) is 4.09. The number of fused-ring (bicyclic) bond motifs is 1. The number of hydrogen-bond acceptors (Lipinski definition) is 5. The largest absolute Gasteiger partial charge is 0.454 e. The number of para-hydroxylation sites is 1. The Kier molecular flexibility index (Phi) is 5.33. The highest BCUT2D eigenvalue weighted by Gasteiger charge is 2.24. The summed E-state index contributed by atoms with van der Waals surface area (Å²) in [5, 5.41) is 2.80. The minimum Gasteiger partial charge on any atom is -0.454 e. The van der Waals surface area contributed by atoms with Crippen LogP contribution in [0.25, 0.3) is 0 Å². The number of ether oxygens (including phenoxy) is 2. The minimum absolute atomic E-state index is 0.119. The molecule has 1 N–H and O–H groups in total. The Bertz CT molecular complexity index is 1180. The Labute approximate surface area is 174 Å². The third-order valence-electron chi connectivity index (χ3n) is 4.62. The summed E-state index contributed by atoms with van der Waals surface area (Å²) >= 11 is 0. The molecule has 4 rings (SSSR count). The number of benzene rings is 3. The number of carbonyl (C=O) groups is 1. The van der Waals surface area contributed by atoms with Crippen LogP contribution in [0.1, 0.15) is 15.9 Å². The molecule has 0 saturated heterocycles. The summed E-state index contributed by atoms with van der Waals surface area (Å²) in [6.07, 6.45) is 1.13. The van der Waals surface area contributed by atoms with Gasteiger partial charge in [0.05, 0.1) is 24.1 Å². The highest BCUT2D eigenvalue weighted by atomic mass is 32.2. The summed E-state index contributed by atoms with van der Waals surface area (Å²) in [6, 6.07) is 20.9. The molecule has 1 heterocycles. The number of hydrogen-bond donors (Lipinski definition) is 1. The van der Waals surface area contributed by atoms with Gasteiger partial charge in [-0.15, -0.1) is 0 Å². The summed E-state index contributed by atoms with van der Waals surface area (Å²) in [7, 11) is -3.64. The number of anilines is 2. The van der Waals surface area contributed by atoms with E-state index < -0.39 is 15.9 Å². The second kappa shape index (κ2) is 8.08. The smallest absolute Gasteiger partial charge is 0.257 e. The van der Waals surface area contributed by atoms with Crippen LogP contribution in [-0.4, -0.2) is 27.4 Å². The molecule has 0 radical (unpaired) electrons. The van der Waals surface area contributed by atoms with Crippen LogP contribution in [0.2, 0.25) is 0 Å². The van der Waals surface area contributed by atoms with Gasteiger partial charge in [-0.1, -0.05) is 42.5 Å². The fourth-order valence-electron chi connectivity index (χ4n) is 3.19. The quantitative estimate of drug-likeness (QED) is 0.653. The van der Waals surface area contributed by atoms with E-state index in [-0.39, 0.29) is 18.9 Å². The number of nitrogens with one attached hydrogen (secondary N) is 1. The summed E-state index contributed by atoms with van der Waals surface area (Å²) in [6.45, 7) is 0.256. The molecule has 0 aromatic heterocycles. The van der Waals surface area contributed by atoms with Gasteiger partial charge >= 0.3 is 0 Å². The van der Waals surface area contributed by atoms with E-state index in [0.717, 1.165) is 11.8 Å².